The fourth-order valence-electron chi connectivity index (χ4n) is 1.25. The molecule has 0 saturated carbocycles. The van der Waals surface area contributed by atoms with E-state index in [0.717, 1.165) is 6.42 Å². The third-order valence-corrected chi connectivity index (χ3v) is 2.00. The minimum atomic E-state index is -0.936. The normalized spacial score (nSPS) is 30.1. The molecule has 0 aromatic carbocycles. The lowest BCUT2D eigenvalue weighted by Gasteiger charge is -2.00. The Bertz CT molecular complexity index is 190. The Kier molecular flexibility index (Phi) is 2.12. The number of rotatable bonds is 2. The van der Waals surface area contributed by atoms with Crippen molar-refractivity contribution in [3.63, 3.8) is 0 Å². The van der Waals surface area contributed by atoms with Gasteiger partial charge in [0.2, 0.25) is 5.91 Å². The van der Waals surface area contributed by atoms with Crippen molar-refractivity contribution in [2.75, 3.05) is 0 Å². The minimum Gasteiger partial charge on any atom is -0.480 e. The van der Waals surface area contributed by atoms with Crippen LogP contribution >= 0.6 is 0 Å². The van der Waals surface area contributed by atoms with Crippen molar-refractivity contribution >= 4 is 11.9 Å². The zero-order valence-corrected chi connectivity index (χ0v) is 6.33. The molecule has 11 heavy (non-hydrogen) atoms. The fraction of sp³-hybridized carbons (Fsp3) is 0.714. The average Bonchev–Trinajstić information content (AvgIpc) is 2.31. The molecule has 0 aromatic heterocycles. The molecule has 4 nitrogen and oxygen atoms in total. The largest absolute Gasteiger partial charge is 0.480 e. The number of amides is 1. The van der Waals surface area contributed by atoms with Crippen LogP contribution < -0.4 is 5.32 Å². The van der Waals surface area contributed by atoms with Crippen LogP contribution in [-0.2, 0) is 9.59 Å². The van der Waals surface area contributed by atoms with Crippen LogP contribution in [0.25, 0.3) is 0 Å². The smallest absolute Gasteiger partial charge is 0.326 e. The summed E-state index contributed by atoms with van der Waals surface area (Å²) in [6.07, 6.45) is 1.15. The van der Waals surface area contributed by atoms with Crippen molar-refractivity contribution in [2.45, 2.75) is 25.8 Å². The molecule has 4 heteroatoms. The van der Waals surface area contributed by atoms with E-state index in [0.29, 0.717) is 6.42 Å². The third-order valence-electron chi connectivity index (χ3n) is 2.00. The Morgan fingerprint density at radius 2 is 2.45 bits per heavy atom. The van der Waals surface area contributed by atoms with Gasteiger partial charge in [-0.25, -0.2) is 4.79 Å². The molecule has 0 spiro atoms. The summed E-state index contributed by atoms with van der Waals surface area (Å²) in [4.78, 5) is 21.3. The van der Waals surface area contributed by atoms with E-state index in [1.54, 1.807) is 0 Å². The van der Waals surface area contributed by atoms with Crippen LogP contribution in [0, 0.1) is 5.92 Å². The predicted octanol–water partition coefficient (Wildman–Crippen LogP) is -0.0143. The highest BCUT2D eigenvalue weighted by atomic mass is 16.4. The first-order valence-corrected chi connectivity index (χ1v) is 3.68. The minimum absolute atomic E-state index is 0.101. The molecule has 0 aromatic rings. The highest BCUT2D eigenvalue weighted by molar-refractivity contribution is 5.88. The number of carboxylic acids is 1. The SMILES string of the molecule is CCC1CC(C(=O)O)NC1=O. The molecular formula is C7H11NO3. The van der Waals surface area contributed by atoms with Gasteiger partial charge in [0.25, 0.3) is 0 Å². The molecule has 2 N–H and O–H groups in total. The Labute approximate surface area is 64.6 Å². The third kappa shape index (κ3) is 1.50. The van der Waals surface area contributed by atoms with Crippen molar-refractivity contribution in [1.29, 1.82) is 0 Å². The Morgan fingerprint density at radius 3 is 2.73 bits per heavy atom. The van der Waals surface area contributed by atoms with E-state index in [4.69, 9.17) is 5.11 Å². The molecule has 2 unspecified atom stereocenters. The summed E-state index contributed by atoms with van der Waals surface area (Å²) in [7, 11) is 0. The summed E-state index contributed by atoms with van der Waals surface area (Å²) < 4.78 is 0. The van der Waals surface area contributed by atoms with Crippen LogP contribution in [0.15, 0.2) is 0 Å². The second-order valence-electron chi connectivity index (χ2n) is 2.74. The zero-order chi connectivity index (χ0) is 8.43. The lowest BCUT2D eigenvalue weighted by Crippen LogP contribution is -2.32. The maximum atomic E-state index is 10.9. The van der Waals surface area contributed by atoms with E-state index in [2.05, 4.69) is 5.32 Å². The Morgan fingerprint density at radius 1 is 1.82 bits per heavy atom. The maximum absolute atomic E-state index is 10.9. The molecule has 1 amide bonds. The number of carbonyl (C=O) groups excluding carboxylic acids is 1. The number of hydrogen-bond acceptors (Lipinski definition) is 2. The fourth-order valence-corrected chi connectivity index (χ4v) is 1.25. The Balaban J connectivity index is 2.56. The van der Waals surface area contributed by atoms with Gasteiger partial charge in [0.15, 0.2) is 0 Å². The van der Waals surface area contributed by atoms with E-state index >= 15 is 0 Å². The summed E-state index contributed by atoms with van der Waals surface area (Å²) in [5.74, 6) is -1.16. The van der Waals surface area contributed by atoms with Gasteiger partial charge < -0.3 is 10.4 Å². The van der Waals surface area contributed by atoms with Crippen LogP contribution in [0.3, 0.4) is 0 Å². The van der Waals surface area contributed by atoms with Gasteiger partial charge >= 0.3 is 5.97 Å². The predicted molar refractivity (Wildman–Crippen MR) is 38.0 cm³/mol. The monoisotopic (exact) mass is 157 g/mol. The molecule has 0 radical (unpaired) electrons. The molecule has 1 aliphatic rings. The summed E-state index contributed by atoms with van der Waals surface area (Å²) in [6.45, 7) is 1.88. The lowest BCUT2D eigenvalue weighted by atomic mass is 10.0. The van der Waals surface area contributed by atoms with Crippen molar-refractivity contribution in [3.8, 4) is 0 Å². The average molecular weight is 157 g/mol. The van der Waals surface area contributed by atoms with E-state index < -0.39 is 12.0 Å². The highest BCUT2D eigenvalue weighted by Gasteiger charge is 2.34. The van der Waals surface area contributed by atoms with Gasteiger partial charge in [-0.05, 0) is 12.8 Å². The van der Waals surface area contributed by atoms with Crippen LogP contribution in [0.5, 0.6) is 0 Å². The van der Waals surface area contributed by atoms with Gasteiger partial charge in [-0.3, -0.25) is 4.79 Å². The van der Waals surface area contributed by atoms with Gasteiger partial charge in [-0.2, -0.15) is 0 Å². The van der Waals surface area contributed by atoms with Crippen LogP contribution in [0.2, 0.25) is 0 Å². The Hall–Kier alpha value is -1.06. The topological polar surface area (TPSA) is 66.4 Å². The van der Waals surface area contributed by atoms with Crippen molar-refractivity contribution in [2.24, 2.45) is 5.92 Å². The molecule has 1 rings (SSSR count). The van der Waals surface area contributed by atoms with Gasteiger partial charge in [0.1, 0.15) is 6.04 Å². The molecule has 1 fully saturated rings. The maximum Gasteiger partial charge on any atom is 0.326 e. The quantitative estimate of drug-likeness (QED) is 0.592. The number of nitrogens with one attached hydrogen (secondary N) is 1. The van der Waals surface area contributed by atoms with Crippen LogP contribution in [0.1, 0.15) is 19.8 Å². The molecule has 0 bridgehead atoms. The first kappa shape index (κ1) is 8.04. The van der Waals surface area contributed by atoms with E-state index in [-0.39, 0.29) is 11.8 Å². The molecule has 0 aliphatic carbocycles. The number of carbonyl (C=O) groups is 2. The van der Waals surface area contributed by atoms with Crippen molar-refractivity contribution in [3.05, 3.63) is 0 Å². The molecule has 2 atom stereocenters. The molecule has 1 saturated heterocycles. The summed E-state index contributed by atoms with van der Waals surface area (Å²) in [5.41, 5.74) is 0. The van der Waals surface area contributed by atoms with E-state index in [1.807, 2.05) is 6.92 Å². The van der Waals surface area contributed by atoms with Gasteiger partial charge in [0.05, 0.1) is 0 Å². The van der Waals surface area contributed by atoms with Gasteiger partial charge in [-0.1, -0.05) is 6.92 Å². The molecule has 1 heterocycles. The molecule has 1 aliphatic heterocycles. The highest BCUT2D eigenvalue weighted by Crippen LogP contribution is 2.18. The number of aliphatic carboxylic acids is 1. The van der Waals surface area contributed by atoms with Crippen molar-refractivity contribution in [1.82, 2.24) is 5.32 Å². The first-order chi connectivity index (χ1) is 5.15. The van der Waals surface area contributed by atoms with Crippen LogP contribution in [0.4, 0.5) is 0 Å². The number of hydrogen-bond donors (Lipinski definition) is 2. The van der Waals surface area contributed by atoms with E-state index in [1.165, 1.54) is 0 Å². The van der Waals surface area contributed by atoms with Crippen molar-refractivity contribution < 1.29 is 14.7 Å². The number of carboxylic acid groups (broad SMARTS) is 1. The molecule has 62 valence electrons. The standard InChI is InChI=1S/C7H11NO3/c1-2-4-3-5(7(10)11)8-6(4)9/h4-5H,2-3H2,1H3,(H,8,9)(H,10,11). The zero-order valence-electron chi connectivity index (χ0n) is 6.33. The van der Waals surface area contributed by atoms with Gasteiger partial charge in [0, 0.05) is 5.92 Å². The summed E-state index contributed by atoms with van der Waals surface area (Å²) in [5, 5.41) is 10.9. The second-order valence-corrected chi connectivity index (χ2v) is 2.74. The molecular weight excluding hydrogens is 146 g/mol. The first-order valence-electron chi connectivity index (χ1n) is 3.68. The summed E-state index contributed by atoms with van der Waals surface area (Å²) >= 11 is 0. The second kappa shape index (κ2) is 2.90. The van der Waals surface area contributed by atoms with E-state index in [9.17, 15) is 9.59 Å². The van der Waals surface area contributed by atoms with Crippen LogP contribution in [-0.4, -0.2) is 23.0 Å². The lowest BCUT2D eigenvalue weighted by molar-refractivity contribution is -0.140. The summed E-state index contributed by atoms with van der Waals surface area (Å²) in [6, 6.07) is -0.660. The van der Waals surface area contributed by atoms with Gasteiger partial charge in [-0.15, -0.1) is 0 Å².